The summed E-state index contributed by atoms with van der Waals surface area (Å²) in [6.45, 7) is 0. The molecule has 1 aromatic rings. The summed E-state index contributed by atoms with van der Waals surface area (Å²) in [5.74, 6) is 5.74. The monoisotopic (exact) mass is 224 g/mol. The summed E-state index contributed by atoms with van der Waals surface area (Å²) in [7, 11) is 1.33. The highest BCUT2D eigenvalue weighted by molar-refractivity contribution is 7.80. The van der Waals surface area contributed by atoms with Crippen LogP contribution in [0.5, 0.6) is 5.88 Å². The summed E-state index contributed by atoms with van der Waals surface area (Å²) in [6, 6.07) is 1.32. The number of pyridine rings is 1. The molecule has 0 aliphatic rings. The van der Waals surface area contributed by atoms with E-state index in [1.165, 1.54) is 19.4 Å². The molecule has 0 spiro atoms. The first kappa shape index (κ1) is 11.3. The van der Waals surface area contributed by atoms with Crippen molar-refractivity contribution < 1.29 is 9.66 Å². The minimum absolute atomic E-state index is 0.0172. The average Bonchev–Trinajstić information content (AvgIpc) is 2.25. The topological polar surface area (TPSA) is 65.3 Å². The van der Waals surface area contributed by atoms with Crippen molar-refractivity contribution in [3.05, 3.63) is 27.9 Å². The van der Waals surface area contributed by atoms with Gasteiger partial charge in [-0.2, -0.15) is 12.6 Å². The quantitative estimate of drug-likeness (QED) is 0.355. The van der Waals surface area contributed by atoms with Crippen molar-refractivity contribution in [1.29, 1.82) is 0 Å². The van der Waals surface area contributed by atoms with Gasteiger partial charge in [-0.25, -0.2) is 4.98 Å². The van der Waals surface area contributed by atoms with E-state index in [0.29, 0.717) is 11.3 Å². The standard InChI is InChI=1S/C9H8N2O3S/c1-14-9-8(11(12)13)5-7(6-10-9)3-2-4-15/h5-6,15H,4H2,1H3. The number of nitro groups is 1. The summed E-state index contributed by atoms with van der Waals surface area (Å²) in [5, 5.41) is 10.6. The van der Waals surface area contributed by atoms with Crippen LogP contribution >= 0.6 is 12.6 Å². The summed E-state index contributed by atoms with van der Waals surface area (Å²) in [5.41, 5.74) is 0.278. The van der Waals surface area contributed by atoms with Crippen molar-refractivity contribution in [2.45, 2.75) is 0 Å². The molecule has 0 atom stereocenters. The van der Waals surface area contributed by atoms with Gasteiger partial charge in [0, 0.05) is 12.3 Å². The zero-order valence-electron chi connectivity index (χ0n) is 7.93. The Bertz CT molecular complexity index is 437. The minimum Gasteiger partial charge on any atom is -0.476 e. The Morgan fingerprint density at radius 1 is 1.73 bits per heavy atom. The zero-order valence-corrected chi connectivity index (χ0v) is 8.82. The smallest absolute Gasteiger partial charge is 0.332 e. The molecule has 1 rings (SSSR count). The largest absolute Gasteiger partial charge is 0.476 e. The van der Waals surface area contributed by atoms with Crippen LogP contribution in [-0.4, -0.2) is 22.8 Å². The van der Waals surface area contributed by atoms with Gasteiger partial charge >= 0.3 is 5.69 Å². The van der Waals surface area contributed by atoms with Crippen LogP contribution in [0, 0.1) is 22.0 Å². The molecule has 0 aromatic carbocycles. The van der Waals surface area contributed by atoms with Crippen molar-refractivity contribution in [2.24, 2.45) is 0 Å². The first-order valence-electron chi connectivity index (χ1n) is 3.97. The van der Waals surface area contributed by atoms with Gasteiger partial charge < -0.3 is 4.74 Å². The second kappa shape index (κ2) is 5.22. The predicted molar refractivity (Wildman–Crippen MR) is 58.2 cm³/mol. The van der Waals surface area contributed by atoms with Crippen molar-refractivity contribution in [2.75, 3.05) is 12.9 Å². The van der Waals surface area contributed by atoms with E-state index in [-0.39, 0.29) is 11.6 Å². The Labute approximate surface area is 92.0 Å². The maximum atomic E-state index is 10.6. The Morgan fingerprint density at radius 2 is 2.47 bits per heavy atom. The molecular weight excluding hydrogens is 216 g/mol. The van der Waals surface area contributed by atoms with Gasteiger partial charge in [-0.3, -0.25) is 10.1 Å². The van der Waals surface area contributed by atoms with E-state index in [2.05, 4.69) is 29.5 Å². The number of aromatic nitrogens is 1. The fourth-order valence-corrected chi connectivity index (χ4v) is 1.02. The highest BCUT2D eigenvalue weighted by Crippen LogP contribution is 2.23. The third-order valence-corrected chi connectivity index (χ3v) is 1.69. The molecule has 0 bridgehead atoms. The molecule has 0 amide bonds. The van der Waals surface area contributed by atoms with E-state index < -0.39 is 4.92 Å². The Balaban J connectivity index is 3.16. The van der Waals surface area contributed by atoms with E-state index in [1.807, 2.05) is 0 Å². The van der Waals surface area contributed by atoms with E-state index >= 15 is 0 Å². The first-order chi connectivity index (χ1) is 7.19. The van der Waals surface area contributed by atoms with Crippen LogP contribution in [0.4, 0.5) is 5.69 Å². The van der Waals surface area contributed by atoms with Gasteiger partial charge in [-0.15, -0.1) is 0 Å². The third-order valence-electron chi connectivity index (χ3n) is 1.53. The molecule has 6 heteroatoms. The number of methoxy groups -OCH3 is 1. The lowest BCUT2D eigenvalue weighted by Crippen LogP contribution is -1.96. The van der Waals surface area contributed by atoms with Crippen molar-refractivity contribution in [1.82, 2.24) is 4.98 Å². The Hall–Kier alpha value is -1.74. The van der Waals surface area contributed by atoms with Crippen LogP contribution in [0.1, 0.15) is 5.56 Å². The normalized spacial score (nSPS) is 8.93. The van der Waals surface area contributed by atoms with E-state index in [1.54, 1.807) is 0 Å². The molecule has 0 aliphatic heterocycles. The highest BCUT2D eigenvalue weighted by atomic mass is 32.1. The molecule has 15 heavy (non-hydrogen) atoms. The van der Waals surface area contributed by atoms with Crippen LogP contribution in [0.25, 0.3) is 0 Å². The summed E-state index contributed by atoms with van der Waals surface area (Å²) in [4.78, 5) is 13.9. The van der Waals surface area contributed by atoms with Crippen LogP contribution < -0.4 is 4.74 Å². The number of thiol groups is 1. The van der Waals surface area contributed by atoms with E-state index in [4.69, 9.17) is 4.74 Å². The maximum Gasteiger partial charge on any atom is 0.332 e. The lowest BCUT2D eigenvalue weighted by Gasteiger charge is -1.99. The predicted octanol–water partition coefficient (Wildman–Crippen LogP) is 1.28. The fraction of sp³-hybridized carbons (Fsp3) is 0.222. The zero-order chi connectivity index (χ0) is 11.3. The Morgan fingerprint density at radius 3 is 3.00 bits per heavy atom. The van der Waals surface area contributed by atoms with Gasteiger partial charge in [-0.05, 0) is 0 Å². The molecule has 0 saturated carbocycles. The number of ether oxygens (including phenoxy) is 1. The lowest BCUT2D eigenvalue weighted by molar-refractivity contribution is -0.386. The number of hydrogen-bond donors (Lipinski definition) is 1. The van der Waals surface area contributed by atoms with Gasteiger partial charge in [0.25, 0.3) is 5.88 Å². The van der Waals surface area contributed by atoms with Crippen LogP contribution in [0.3, 0.4) is 0 Å². The van der Waals surface area contributed by atoms with Gasteiger partial charge in [0.05, 0.1) is 23.3 Å². The van der Waals surface area contributed by atoms with Crippen molar-refractivity contribution >= 4 is 18.3 Å². The molecule has 0 aliphatic carbocycles. The minimum atomic E-state index is -0.558. The second-order valence-electron chi connectivity index (χ2n) is 2.47. The summed E-state index contributed by atoms with van der Waals surface area (Å²) >= 11 is 3.90. The number of hydrogen-bond acceptors (Lipinski definition) is 5. The van der Waals surface area contributed by atoms with Crippen molar-refractivity contribution in [3.8, 4) is 17.7 Å². The molecule has 0 unspecified atom stereocenters. The fourth-order valence-electron chi connectivity index (χ4n) is 0.939. The number of nitrogens with zero attached hydrogens (tertiary/aromatic N) is 2. The highest BCUT2D eigenvalue weighted by Gasteiger charge is 2.16. The van der Waals surface area contributed by atoms with Gasteiger partial charge in [-0.1, -0.05) is 11.8 Å². The van der Waals surface area contributed by atoms with Gasteiger partial charge in [0.2, 0.25) is 0 Å². The molecule has 1 heterocycles. The first-order valence-corrected chi connectivity index (χ1v) is 4.60. The molecule has 5 nitrogen and oxygen atoms in total. The van der Waals surface area contributed by atoms with Crippen LogP contribution in [0.2, 0.25) is 0 Å². The van der Waals surface area contributed by atoms with Crippen LogP contribution in [0.15, 0.2) is 12.3 Å². The summed E-state index contributed by atoms with van der Waals surface area (Å²) < 4.78 is 4.75. The molecule has 0 saturated heterocycles. The SMILES string of the molecule is COc1ncc(C#CCS)cc1[N+](=O)[O-]. The molecule has 0 N–H and O–H groups in total. The molecule has 0 fully saturated rings. The van der Waals surface area contributed by atoms with Crippen molar-refractivity contribution in [3.63, 3.8) is 0 Å². The number of rotatable bonds is 2. The molecular formula is C9H8N2O3S. The Kier molecular flexibility index (Phi) is 3.94. The molecule has 1 aromatic heterocycles. The van der Waals surface area contributed by atoms with Gasteiger partial charge in [0.15, 0.2) is 0 Å². The average molecular weight is 224 g/mol. The lowest BCUT2D eigenvalue weighted by atomic mass is 10.2. The van der Waals surface area contributed by atoms with Gasteiger partial charge in [0.1, 0.15) is 0 Å². The third kappa shape index (κ3) is 2.86. The summed E-state index contributed by atoms with van der Waals surface area (Å²) in [6.07, 6.45) is 1.42. The van der Waals surface area contributed by atoms with Crippen LogP contribution in [-0.2, 0) is 0 Å². The molecule has 0 radical (unpaired) electrons. The van der Waals surface area contributed by atoms with E-state index in [9.17, 15) is 10.1 Å². The van der Waals surface area contributed by atoms with E-state index in [0.717, 1.165) is 0 Å². The molecule has 78 valence electrons. The second-order valence-corrected chi connectivity index (χ2v) is 2.79. The maximum absolute atomic E-state index is 10.6.